The average Bonchev–Trinajstić information content (AvgIpc) is 2.70. The summed E-state index contributed by atoms with van der Waals surface area (Å²) in [5.74, 6) is 0.962. The molecule has 2 N–H and O–H groups in total. The van der Waals surface area contributed by atoms with Gasteiger partial charge in [-0.2, -0.15) is 0 Å². The Balaban J connectivity index is 2.35. The molecule has 1 aliphatic rings. The lowest BCUT2D eigenvalue weighted by Gasteiger charge is -2.30. The fourth-order valence-corrected chi connectivity index (χ4v) is 2.77. The number of nitrogens with two attached hydrogens (primary N) is 1. The largest absolute Gasteiger partial charge is 0.329 e. The van der Waals surface area contributed by atoms with Gasteiger partial charge in [0.1, 0.15) is 0 Å². The smallest absolute Gasteiger partial charge is 0.0220 e. The molecule has 1 unspecified atom stereocenters. The molecule has 0 aliphatic heterocycles. The zero-order chi connectivity index (χ0) is 10.4. The van der Waals surface area contributed by atoms with Gasteiger partial charge in [-0.15, -0.1) is 0 Å². The van der Waals surface area contributed by atoms with Gasteiger partial charge in [0.15, 0.2) is 0 Å². The topological polar surface area (TPSA) is 29.3 Å². The summed E-state index contributed by atoms with van der Waals surface area (Å²) in [6.07, 6.45) is 7.11. The average molecular weight is 198 g/mol. The van der Waals surface area contributed by atoms with Crippen LogP contribution in [0.3, 0.4) is 0 Å². The maximum atomic E-state index is 5.86. The highest BCUT2D eigenvalue weighted by Gasteiger charge is 2.22. The van der Waals surface area contributed by atoms with Crippen molar-refractivity contribution in [3.05, 3.63) is 0 Å². The molecule has 0 aromatic rings. The highest BCUT2D eigenvalue weighted by atomic mass is 15.2. The van der Waals surface area contributed by atoms with Crippen LogP contribution in [0, 0.1) is 5.92 Å². The van der Waals surface area contributed by atoms with Gasteiger partial charge in [-0.1, -0.05) is 39.5 Å². The van der Waals surface area contributed by atoms with Gasteiger partial charge < -0.3 is 5.73 Å². The molecule has 0 aromatic carbocycles. The molecule has 0 amide bonds. The Labute approximate surface area is 88.8 Å². The summed E-state index contributed by atoms with van der Waals surface area (Å²) in [6, 6.07) is 0.632. The quantitative estimate of drug-likeness (QED) is 0.709. The van der Waals surface area contributed by atoms with Gasteiger partial charge in [0.2, 0.25) is 0 Å². The zero-order valence-electron chi connectivity index (χ0n) is 9.84. The molecule has 0 aromatic heterocycles. The fraction of sp³-hybridized carbons (Fsp3) is 1.00. The minimum atomic E-state index is 0.632. The zero-order valence-corrected chi connectivity index (χ0v) is 9.84. The summed E-state index contributed by atoms with van der Waals surface area (Å²) in [7, 11) is 0. The van der Waals surface area contributed by atoms with Gasteiger partial charge in [-0.25, -0.2) is 0 Å². The van der Waals surface area contributed by atoms with Crippen molar-refractivity contribution < 1.29 is 0 Å². The minimum absolute atomic E-state index is 0.632. The summed E-state index contributed by atoms with van der Waals surface area (Å²) in [5.41, 5.74) is 5.86. The van der Waals surface area contributed by atoms with Crippen LogP contribution in [0.1, 0.15) is 46.0 Å². The van der Waals surface area contributed by atoms with E-state index in [0.717, 1.165) is 25.6 Å². The molecular weight excluding hydrogens is 172 g/mol. The van der Waals surface area contributed by atoms with Crippen LogP contribution in [0.25, 0.3) is 0 Å². The highest BCUT2D eigenvalue weighted by molar-refractivity contribution is 4.77. The highest BCUT2D eigenvalue weighted by Crippen LogP contribution is 2.29. The third kappa shape index (κ3) is 3.25. The number of nitrogens with zero attached hydrogens (tertiary/aromatic N) is 1. The molecule has 1 fully saturated rings. The van der Waals surface area contributed by atoms with Gasteiger partial charge in [0, 0.05) is 12.6 Å². The maximum absolute atomic E-state index is 5.86. The Morgan fingerprint density at radius 1 is 1.21 bits per heavy atom. The molecule has 1 aliphatic carbocycles. The first-order valence-electron chi connectivity index (χ1n) is 6.25. The Morgan fingerprint density at radius 3 is 2.21 bits per heavy atom. The van der Waals surface area contributed by atoms with E-state index >= 15 is 0 Å². The predicted molar refractivity (Wildman–Crippen MR) is 62.3 cm³/mol. The van der Waals surface area contributed by atoms with Crippen LogP contribution < -0.4 is 5.73 Å². The van der Waals surface area contributed by atoms with Crippen LogP contribution >= 0.6 is 0 Å². The van der Waals surface area contributed by atoms with Crippen molar-refractivity contribution in [2.45, 2.75) is 52.0 Å². The SMILES string of the molecule is CCN(CC)C(CN)CC1CCCC1. The lowest BCUT2D eigenvalue weighted by Crippen LogP contribution is -2.41. The predicted octanol–water partition coefficient (Wildman–Crippen LogP) is 2.24. The molecule has 1 atom stereocenters. The van der Waals surface area contributed by atoms with E-state index in [-0.39, 0.29) is 0 Å². The van der Waals surface area contributed by atoms with Crippen molar-refractivity contribution in [1.29, 1.82) is 0 Å². The van der Waals surface area contributed by atoms with Gasteiger partial charge in [-0.05, 0) is 25.4 Å². The Hall–Kier alpha value is -0.0800. The van der Waals surface area contributed by atoms with Gasteiger partial charge in [0.05, 0.1) is 0 Å². The van der Waals surface area contributed by atoms with Gasteiger partial charge in [-0.3, -0.25) is 4.90 Å². The molecule has 84 valence electrons. The number of likely N-dealkylation sites (N-methyl/N-ethyl adjacent to an activating group) is 1. The first-order valence-corrected chi connectivity index (χ1v) is 6.25. The molecule has 0 bridgehead atoms. The summed E-state index contributed by atoms with van der Waals surface area (Å²) in [4.78, 5) is 2.51. The summed E-state index contributed by atoms with van der Waals surface area (Å²) in [5, 5.41) is 0. The van der Waals surface area contributed by atoms with Crippen LogP contribution in [-0.4, -0.2) is 30.6 Å². The van der Waals surface area contributed by atoms with Crippen molar-refractivity contribution in [3.63, 3.8) is 0 Å². The van der Waals surface area contributed by atoms with Gasteiger partial charge in [0.25, 0.3) is 0 Å². The van der Waals surface area contributed by atoms with Gasteiger partial charge >= 0.3 is 0 Å². The van der Waals surface area contributed by atoms with E-state index in [0.29, 0.717) is 6.04 Å². The van der Waals surface area contributed by atoms with E-state index in [2.05, 4.69) is 18.7 Å². The lowest BCUT2D eigenvalue weighted by molar-refractivity contribution is 0.189. The molecule has 1 rings (SSSR count). The molecule has 0 spiro atoms. The van der Waals surface area contributed by atoms with E-state index in [1.54, 1.807) is 0 Å². The fourth-order valence-electron chi connectivity index (χ4n) is 2.77. The van der Waals surface area contributed by atoms with E-state index in [1.165, 1.54) is 32.1 Å². The molecule has 0 saturated heterocycles. The number of hydrogen-bond donors (Lipinski definition) is 1. The second-order valence-electron chi connectivity index (χ2n) is 4.50. The first-order chi connectivity index (χ1) is 6.81. The molecule has 1 saturated carbocycles. The molecule has 0 radical (unpaired) electrons. The Bertz CT molecular complexity index is 137. The summed E-state index contributed by atoms with van der Waals surface area (Å²) < 4.78 is 0. The third-order valence-electron chi connectivity index (χ3n) is 3.68. The van der Waals surface area contributed by atoms with Crippen LogP contribution in [0.4, 0.5) is 0 Å². The molecule has 2 heteroatoms. The van der Waals surface area contributed by atoms with Crippen LogP contribution in [0.5, 0.6) is 0 Å². The van der Waals surface area contributed by atoms with Crippen molar-refractivity contribution >= 4 is 0 Å². The van der Waals surface area contributed by atoms with Crippen molar-refractivity contribution in [1.82, 2.24) is 4.90 Å². The summed E-state index contributed by atoms with van der Waals surface area (Å²) >= 11 is 0. The van der Waals surface area contributed by atoms with E-state index in [9.17, 15) is 0 Å². The normalized spacial score (nSPS) is 20.6. The van der Waals surface area contributed by atoms with E-state index in [1.807, 2.05) is 0 Å². The molecule has 14 heavy (non-hydrogen) atoms. The Morgan fingerprint density at radius 2 is 1.79 bits per heavy atom. The first kappa shape index (κ1) is 12.0. The van der Waals surface area contributed by atoms with Crippen molar-refractivity contribution in [2.75, 3.05) is 19.6 Å². The lowest BCUT2D eigenvalue weighted by atomic mass is 9.97. The molecular formula is C12H26N2. The Kier molecular flexibility index (Phi) is 5.49. The van der Waals surface area contributed by atoms with Crippen molar-refractivity contribution in [2.24, 2.45) is 11.7 Å². The molecule has 2 nitrogen and oxygen atoms in total. The monoisotopic (exact) mass is 198 g/mol. The van der Waals surface area contributed by atoms with E-state index < -0.39 is 0 Å². The van der Waals surface area contributed by atoms with Crippen LogP contribution in [-0.2, 0) is 0 Å². The van der Waals surface area contributed by atoms with Crippen molar-refractivity contribution in [3.8, 4) is 0 Å². The minimum Gasteiger partial charge on any atom is -0.329 e. The molecule has 0 heterocycles. The second kappa shape index (κ2) is 6.41. The number of hydrogen-bond acceptors (Lipinski definition) is 2. The van der Waals surface area contributed by atoms with E-state index in [4.69, 9.17) is 5.73 Å². The third-order valence-corrected chi connectivity index (χ3v) is 3.68. The maximum Gasteiger partial charge on any atom is 0.0220 e. The standard InChI is InChI=1S/C12H26N2/c1-3-14(4-2)12(10-13)9-11-7-5-6-8-11/h11-12H,3-10,13H2,1-2H3. The van der Waals surface area contributed by atoms with Crippen LogP contribution in [0.15, 0.2) is 0 Å². The van der Waals surface area contributed by atoms with Crippen LogP contribution in [0.2, 0.25) is 0 Å². The second-order valence-corrected chi connectivity index (χ2v) is 4.50. The summed E-state index contributed by atoms with van der Waals surface area (Å²) in [6.45, 7) is 7.59. The number of rotatable bonds is 6.